The van der Waals surface area contributed by atoms with Gasteiger partial charge < -0.3 is 5.11 Å². The highest BCUT2D eigenvalue weighted by atomic mass is 19.4. The Morgan fingerprint density at radius 2 is 1.60 bits per heavy atom. The maximum atomic E-state index is 12.9. The largest absolute Gasteiger partial charge is 0.416 e. The minimum Gasteiger partial charge on any atom is -0.396 e. The van der Waals surface area contributed by atoms with E-state index in [1.165, 1.54) is 31.4 Å². The number of aliphatic hydroxyl groups is 1. The van der Waals surface area contributed by atoms with Gasteiger partial charge in [-0.25, -0.2) is 0 Å². The number of alkyl halides is 3. The molecule has 1 N–H and O–H groups in total. The maximum absolute atomic E-state index is 12.9. The predicted octanol–water partition coefficient (Wildman–Crippen LogP) is 6.03. The molecule has 1 saturated carbocycles. The molecule has 1 nitrogen and oxygen atoms in total. The van der Waals surface area contributed by atoms with Crippen LogP contribution in [-0.2, 0) is 6.18 Å². The SMILES string of the molecule is OC[C@H](c1ccc(-c2cccc(C(F)(F)F)c2)cc1)C1CCCCC1. The van der Waals surface area contributed by atoms with Gasteiger partial charge in [-0.05, 0) is 47.6 Å². The van der Waals surface area contributed by atoms with Crippen molar-refractivity contribution in [1.29, 1.82) is 0 Å². The summed E-state index contributed by atoms with van der Waals surface area (Å²) in [5, 5.41) is 9.82. The van der Waals surface area contributed by atoms with Gasteiger partial charge in [0.15, 0.2) is 0 Å². The first kappa shape index (κ1) is 18.0. The van der Waals surface area contributed by atoms with Crippen LogP contribution in [0.15, 0.2) is 48.5 Å². The first-order chi connectivity index (χ1) is 12.0. The maximum Gasteiger partial charge on any atom is 0.416 e. The lowest BCUT2D eigenvalue weighted by atomic mass is 9.77. The number of rotatable bonds is 4. The molecule has 0 heterocycles. The summed E-state index contributed by atoms with van der Waals surface area (Å²) >= 11 is 0. The molecule has 0 unspecified atom stereocenters. The summed E-state index contributed by atoms with van der Waals surface area (Å²) < 4.78 is 38.6. The molecule has 0 radical (unpaired) electrons. The average molecular weight is 348 g/mol. The number of hydrogen-bond donors (Lipinski definition) is 1. The van der Waals surface area contributed by atoms with E-state index in [1.807, 2.05) is 24.3 Å². The highest BCUT2D eigenvalue weighted by Crippen LogP contribution is 2.37. The van der Waals surface area contributed by atoms with Gasteiger partial charge in [0.2, 0.25) is 0 Å². The van der Waals surface area contributed by atoms with Gasteiger partial charge >= 0.3 is 6.18 Å². The van der Waals surface area contributed by atoms with Crippen LogP contribution in [0, 0.1) is 5.92 Å². The zero-order chi connectivity index (χ0) is 17.9. The third-order valence-electron chi connectivity index (χ3n) is 5.28. The molecule has 0 amide bonds. The molecule has 1 atom stereocenters. The fraction of sp³-hybridized carbons (Fsp3) is 0.429. The van der Waals surface area contributed by atoms with E-state index >= 15 is 0 Å². The van der Waals surface area contributed by atoms with Crippen LogP contribution < -0.4 is 0 Å². The quantitative estimate of drug-likeness (QED) is 0.715. The number of hydrogen-bond acceptors (Lipinski definition) is 1. The summed E-state index contributed by atoms with van der Waals surface area (Å²) in [5.74, 6) is 0.619. The Morgan fingerprint density at radius 1 is 0.920 bits per heavy atom. The summed E-state index contributed by atoms with van der Waals surface area (Å²) in [5.41, 5.74) is 1.75. The fourth-order valence-corrected chi connectivity index (χ4v) is 3.86. The van der Waals surface area contributed by atoms with Gasteiger partial charge in [-0.15, -0.1) is 0 Å². The van der Waals surface area contributed by atoms with Crippen LogP contribution in [0.4, 0.5) is 13.2 Å². The molecule has 0 aromatic heterocycles. The lowest BCUT2D eigenvalue weighted by Gasteiger charge is -2.29. The Bertz CT molecular complexity index is 685. The highest BCUT2D eigenvalue weighted by molar-refractivity contribution is 5.64. The van der Waals surface area contributed by atoms with Gasteiger partial charge in [0, 0.05) is 5.92 Å². The summed E-state index contributed by atoms with van der Waals surface area (Å²) in [4.78, 5) is 0. The van der Waals surface area contributed by atoms with Crippen molar-refractivity contribution in [2.24, 2.45) is 5.92 Å². The molecule has 0 spiro atoms. The van der Waals surface area contributed by atoms with Crippen LogP contribution in [0.3, 0.4) is 0 Å². The summed E-state index contributed by atoms with van der Waals surface area (Å²) in [6.45, 7) is 0.119. The second-order valence-electron chi connectivity index (χ2n) is 6.89. The van der Waals surface area contributed by atoms with E-state index in [0.717, 1.165) is 30.0 Å². The topological polar surface area (TPSA) is 20.2 Å². The van der Waals surface area contributed by atoms with Crippen molar-refractivity contribution in [3.8, 4) is 11.1 Å². The molecule has 25 heavy (non-hydrogen) atoms. The van der Waals surface area contributed by atoms with Crippen LogP contribution in [0.25, 0.3) is 11.1 Å². The first-order valence-electron chi connectivity index (χ1n) is 8.87. The van der Waals surface area contributed by atoms with Crippen molar-refractivity contribution in [3.63, 3.8) is 0 Å². The standard InChI is InChI=1S/C21H23F3O/c22-21(23,24)19-8-4-7-18(13-19)15-9-11-17(12-10-15)20(14-25)16-5-2-1-3-6-16/h4,7-13,16,20,25H,1-3,5-6,14H2/t20-/m0/s1. The normalized spacial score (nSPS) is 17.4. The minimum absolute atomic E-state index is 0.119. The fourth-order valence-electron chi connectivity index (χ4n) is 3.86. The Hall–Kier alpha value is -1.81. The van der Waals surface area contributed by atoms with Crippen molar-refractivity contribution in [2.45, 2.75) is 44.2 Å². The van der Waals surface area contributed by atoms with Crippen molar-refractivity contribution in [3.05, 3.63) is 59.7 Å². The lowest BCUT2D eigenvalue weighted by Crippen LogP contribution is -2.19. The zero-order valence-corrected chi connectivity index (χ0v) is 14.1. The molecule has 2 aromatic rings. The number of aliphatic hydroxyl groups excluding tert-OH is 1. The van der Waals surface area contributed by atoms with E-state index in [2.05, 4.69) is 0 Å². The van der Waals surface area contributed by atoms with Crippen LogP contribution >= 0.6 is 0 Å². The summed E-state index contributed by atoms with van der Waals surface area (Å²) in [6.07, 6.45) is 1.64. The van der Waals surface area contributed by atoms with Gasteiger partial charge in [0.05, 0.1) is 12.2 Å². The molecule has 3 rings (SSSR count). The van der Waals surface area contributed by atoms with Crippen LogP contribution in [0.1, 0.15) is 49.1 Å². The predicted molar refractivity (Wildman–Crippen MR) is 93.3 cm³/mol. The van der Waals surface area contributed by atoms with Gasteiger partial charge in [-0.1, -0.05) is 55.7 Å². The number of benzene rings is 2. The molecule has 0 aliphatic heterocycles. The van der Waals surface area contributed by atoms with Gasteiger partial charge in [-0.3, -0.25) is 0 Å². The molecular formula is C21H23F3O. The Labute approximate surface area is 146 Å². The van der Waals surface area contributed by atoms with Crippen molar-refractivity contribution in [1.82, 2.24) is 0 Å². The molecule has 0 bridgehead atoms. The molecule has 1 aliphatic carbocycles. The van der Waals surface area contributed by atoms with E-state index in [4.69, 9.17) is 0 Å². The van der Waals surface area contributed by atoms with Crippen LogP contribution in [0.2, 0.25) is 0 Å². The van der Waals surface area contributed by atoms with Crippen LogP contribution in [0.5, 0.6) is 0 Å². The summed E-state index contributed by atoms with van der Waals surface area (Å²) in [6, 6.07) is 13.0. The number of halogens is 3. The molecule has 1 fully saturated rings. The van der Waals surface area contributed by atoms with Crippen molar-refractivity contribution < 1.29 is 18.3 Å². The molecule has 2 aromatic carbocycles. The van der Waals surface area contributed by atoms with Gasteiger partial charge in [0.25, 0.3) is 0 Å². The van der Waals surface area contributed by atoms with Crippen molar-refractivity contribution in [2.75, 3.05) is 6.61 Å². The van der Waals surface area contributed by atoms with E-state index in [-0.39, 0.29) is 12.5 Å². The first-order valence-corrected chi connectivity index (χ1v) is 8.87. The average Bonchev–Trinajstić information content (AvgIpc) is 2.63. The van der Waals surface area contributed by atoms with Crippen LogP contribution in [-0.4, -0.2) is 11.7 Å². The second kappa shape index (κ2) is 7.61. The Morgan fingerprint density at radius 3 is 2.20 bits per heavy atom. The molecular weight excluding hydrogens is 325 g/mol. The second-order valence-corrected chi connectivity index (χ2v) is 6.89. The minimum atomic E-state index is -4.33. The van der Waals surface area contributed by atoms with E-state index in [1.54, 1.807) is 6.07 Å². The lowest BCUT2D eigenvalue weighted by molar-refractivity contribution is -0.137. The zero-order valence-electron chi connectivity index (χ0n) is 14.1. The van der Waals surface area contributed by atoms with Crippen molar-refractivity contribution >= 4 is 0 Å². The van der Waals surface area contributed by atoms with E-state index in [9.17, 15) is 18.3 Å². The Kier molecular flexibility index (Phi) is 5.48. The molecule has 4 heteroatoms. The van der Waals surface area contributed by atoms with Gasteiger partial charge in [-0.2, -0.15) is 13.2 Å². The smallest absolute Gasteiger partial charge is 0.396 e. The molecule has 134 valence electrons. The summed E-state index contributed by atoms with van der Waals surface area (Å²) in [7, 11) is 0. The van der Waals surface area contributed by atoms with Gasteiger partial charge in [0.1, 0.15) is 0 Å². The molecule has 0 saturated heterocycles. The Balaban J connectivity index is 1.82. The third kappa shape index (κ3) is 4.24. The third-order valence-corrected chi connectivity index (χ3v) is 5.28. The van der Waals surface area contributed by atoms with E-state index < -0.39 is 11.7 Å². The van der Waals surface area contributed by atoms with E-state index in [0.29, 0.717) is 11.5 Å². The monoisotopic (exact) mass is 348 g/mol. The highest BCUT2D eigenvalue weighted by Gasteiger charge is 2.30. The molecule has 1 aliphatic rings.